The molecule has 1 aromatic rings. The van der Waals surface area contributed by atoms with Crippen molar-refractivity contribution in [1.82, 2.24) is 5.32 Å². The number of aryl methyl sites for hydroxylation is 1. The van der Waals surface area contributed by atoms with E-state index in [2.05, 4.69) is 55.4 Å². The third-order valence-corrected chi connectivity index (χ3v) is 3.44. The van der Waals surface area contributed by atoms with Gasteiger partial charge in [0, 0.05) is 31.4 Å². The summed E-state index contributed by atoms with van der Waals surface area (Å²) < 4.78 is 0. The molecular weight excluding hydrogens is 196 g/mol. The molecule has 1 unspecified atom stereocenters. The highest BCUT2D eigenvalue weighted by Crippen LogP contribution is 2.21. The summed E-state index contributed by atoms with van der Waals surface area (Å²) in [7, 11) is 2.18. The van der Waals surface area contributed by atoms with Gasteiger partial charge >= 0.3 is 0 Å². The second-order valence-electron chi connectivity index (χ2n) is 4.93. The van der Waals surface area contributed by atoms with E-state index in [4.69, 9.17) is 0 Å². The van der Waals surface area contributed by atoms with E-state index < -0.39 is 0 Å². The molecule has 0 aliphatic heterocycles. The van der Waals surface area contributed by atoms with Gasteiger partial charge in [0.15, 0.2) is 0 Å². The first kappa shape index (κ1) is 11.5. The summed E-state index contributed by atoms with van der Waals surface area (Å²) in [6, 6.07) is 9.92. The first-order chi connectivity index (χ1) is 7.68. The number of benzene rings is 1. The summed E-state index contributed by atoms with van der Waals surface area (Å²) in [5.74, 6) is 0. The minimum atomic E-state index is 0.543. The van der Waals surface area contributed by atoms with E-state index in [9.17, 15) is 0 Å². The van der Waals surface area contributed by atoms with Gasteiger partial charge < -0.3 is 10.2 Å². The van der Waals surface area contributed by atoms with Crippen LogP contribution in [0.5, 0.6) is 0 Å². The number of rotatable bonds is 5. The van der Waals surface area contributed by atoms with E-state index >= 15 is 0 Å². The Hall–Kier alpha value is -1.02. The van der Waals surface area contributed by atoms with Gasteiger partial charge in [-0.2, -0.15) is 0 Å². The number of nitrogens with zero attached hydrogens (tertiary/aromatic N) is 1. The summed E-state index contributed by atoms with van der Waals surface area (Å²) in [5.41, 5.74) is 2.69. The second kappa shape index (κ2) is 4.88. The summed E-state index contributed by atoms with van der Waals surface area (Å²) in [6.45, 7) is 5.53. The van der Waals surface area contributed by atoms with Crippen molar-refractivity contribution in [3.8, 4) is 0 Å². The van der Waals surface area contributed by atoms with E-state index in [0.717, 1.165) is 12.6 Å². The molecule has 1 saturated carbocycles. The van der Waals surface area contributed by atoms with Crippen LogP contribution in [0.1, 0.15) is 25.3 Å². The van der Waals surface area contributed by atoms with Gasteiger partial charge in [-0.05, 0) is 38.3 Å². The molecule has 16 heavy (non-hydrogen) atoms. The van der Waals surface area contributed by atoms with Gasteiger partial charge in [-0.1, -0.05) is 18.2 Å². The predicted octanol–water partition coefficient (Wildman–Crippen LogP) is 2.57. The van der Waals surface area contributed by atoms with Gasteiger partial charge in [-0.3, -0.25) is 0 Å². The van der Waals surface area contributed by atoms with Gasteiger partial charge in [-0.15, -0.1) is 0 Å². The highest BCUT2D eigenvalue weighted by Gasteiger charge is 2.22. The van der Waals surface area contributed by atoms with Crippen LogP contribution in [0.25, 0.3) is 0 Å². The molecule has 1 aromatic carbocycles. The molecule has 88 valence electrons. The van der Waals surface area contributed by atoms with E-state index in [1.165, 1.54) is 24.1 Å². The topological polar surface area (TPSA) is 15.3 Å². The van der Waals surface area contributed by atoms with Gasteiger partial charge in [-0.25, -0.2) is 0 Å². The number of nitrogens with one attached hydrogen (secondary N) is 1. The lowest BCUT2D eigenvalue weighted by molar-refractivity contribution is 0.582. The second-order valence-corrected chi connectivity index (χ2v) is 4.93. The fraction of sp³-hybridized carbons (Fsp3) is 0.571. The third-order valence-electron chi connectivity index (χ3n) is 3.44. The van der Waals surface area contributed by atoms with E-state index in [1.807, 2.05) is 0 Å². The highest BCUT2D eigenvalue weighted by atomic mass is 15.2. The minimum absolute atomic E-state index is 0.543. The molecule has 0 bridgehead atoms. The Morgan fingerprint density at radius 2 is 2.06 bits per heavy atom. The maximum Gasteiger partial charge on any atom is 0.0396 e. The van der Waals surface area contributed by atoms with Crippen LogP contribution in [-0.2, 0) is 0 Å². The predicted molar refractivity (Wildman–Crippen MR) is 70.1 cm³/mol. The fourth-order valence-corrected chi connectivity index (χ4v) is 1.96. The number of hydrogen-bond acceptors (Lipinski definition) is 2. The zero-order valence-corrected chi connectivity index (χ0v) is 10.5. The minimum Gasteiger partial charge on any atom is -0.370 e. The Morgan fingerprint density at radius 1 is 1.38 bits per heavy atom. The lowest BCUT2D eigenvalue weighted by atomic mass is 10.1. The quantitative estimate of drug-likeness (QED) is 0.817. The van der Waals surface area contributed by atoms with Crippen molar-refractivity contribution in [3.63, 3.8) is 0 Å². The average molecular weight is 218 g/mol. The largest absolute Gasteiger partial charge is 0.370 e. The molecule has 1 aliphatic rings. The number of para-hydroxylation sites is 1. The van der Waals surface area contributed by atoms with Crippen molar-refractivity contribution in [2.24, 2.45) is 0 Å². The maximum atomic E-state index is 3.58. The van der Waals surface area contributed by atoms with Crippen LogP contribution < -0.4 is 10.2 Å². The van der Waals surface area contributed by atoms with E-state index in [0.29, 0.717) is 6.04 Å². The number of hydrogen-bond donors (Lipinski definition) is 1. The molecule has 0 saturated heterocycles. The normalized spacial score (nSPS) is 17.2. The smallest absolute Gasteiger partial charge is 0.0396 e. The first-order valence-corrected chi connectivity index (χ1v) is 6.20. The summed E-state index contributed by atoms with van der Waals surface area (Å²) >= 11 is 0. The van der Waals surface area contributed by atoms with Crippen molar-refractivity contribution in [2.45, 2.75) is 38.8 Å². The van der Waals surface area contributed by atoms with Crippen LogP contribution in [-0.4, -0.2) is 25.7 Å². The lowest BCUT2D eigenvalue weighted by Gasteiger charge is -2.28. The molecule has 0 heterocycles. The molecule has 1 atom stereocenters. The highest BCUT2D eigenvalue weighted by molar-refractivity contribution is 5.53. The van der Waals surface area contributed by atoms with Crippen molar-refractivity contribution in [2.75, 3.05) is 18.5 Å². The standard InChI is InChI=1S/C14H22N2/c1-11-6-4-5-7-14(11)16(3)12(2)10-15-13-8-9-13/h4-7,12-13,15H,8-10H2,1-3H3. The lowest BCUT2D eigenvalue weighted by Crippen LogP contribution is -2.39. The molecule has 2 heteroatoms. The molecule has 0 amide bonds. The van der Waals surface area contributed by atoms with Crippen molar-refractivity contribution in [3.05, 3.63) is 29.8 Å². The number of anilines is 1. The summed E-state index contributed by atoms with van der Waals surface area (Å²) in [5, 5.41) is 3.58. The average Bonchev–Trinajstić information content (AvgIpc) is 3.09. The van der Waals surface area contributed by atoms with Crippen LogP contribution in [0.3, 0.4) is 0 Å². The molecule has 1 fully saturated rings. The monoisotopic (exact) mass is 218 g/mol. The maximum absolute atomic E-state index is 3.58. The van der Waals surface area contributed by atoms with Gasteiger partial charge in [0.05, 0.1) is 0 Å². The molecular formula is C14H22N2. The van der Waals surface area contributed by atoms with Gasteiger partial charge in [0.25, 0.3) is 0 Å². The van der Waals surface area contributed by atoms with Crippen molar-refractivity contribution < 1.29 is 0 Å². The summed E-state index contributed by atoms with van der Waals surface area (Å²) in [6.07, 6.45) is 2.72. The van der Waals surface area contributed by atoms with Crippen LogP contribution in [0.15, 0.2) is 24.3 Å². The van der Waals surface area contributed by atoms with E-state index in [-0.39, 0.29) is 0 Å². The van der Waals surface area contributed by atoms with Gasteiger partial charge in [0.2, 0.25) is 0 Å². The Bertz CT molecular complexity index is 344. The molecule has 1 N–H and O–H groups in total. The number of likely N-dealkylation sites (N-methyl/N-ethyl adjacent to an activating group) is 1. The SMILES string of the molecule is Cc1ccccc1N(C)C(C)CNC1CC1. The van der Waals surface area contributed by atoms with Crippen LogP contribution >= 0.6 is 0 Å². The Balaban J connectivity index is 1.94. The van der Waals surface area contributed by atoms with Crippen molar-refractivity contribution >= 4 is 5.69 Å². The van der Waals surface area contributed by atoms with Crippen molar-refractivity contribution in [1.29, 1.82) is 0 Å². The molecule has 1 aliphatic carbocycles. The Morgan fingerprint density at radius 3 is 2.69 bits per heavy atom. The zero-order valence-electron chi connectivity index (χ0n) is 10.5. The molecule has 0 radical (unpaired) electrons. The first-order valence-electron chi connectivity index (χ1n) is 6.20. The van der Waals surface area contributed by atoms with Crippen LogP contribution in [0, 0.1) is 6.92 Å². The van der Waals surface area contributed by atoms with Gasteiger partial charge in [0.1, 0.15) is 0 Å². The molecule has 0 spiro atoms. The zero-order chi connectivity index (χ0) is 11.5. The summed E-state index contributed by atoms with van der Waals surface area (Å²) in [4.78, 5) is 2.37. The Kier molecular flexibility index (Phi) is 3.49. The third kappa shape index (κ3) is 2.76. The molecule has 0 aromatic heterocycles. The molecule has 2 nitrogen and oxygen atoms in total. The molecule has 2 rings (SSSR count). The van der Waals surface area contributed by atoms with Crippen LogP contribution in [0.2, 0.25) is 0 Å². The Labute approximate surface area is 98.7 Å². The van der Waals surface area contributed by atoms with Crippen LogP contribution in [0.4, 0.5) is 5.69 Å². The van der Waals surface area contributed by atoms with E-state index in [1.54, 1.807) is 0 Å². The fourth-order valence-electron chi connectivity index (χ4n) is 1.96.